The van der Waals surface area contributed by atoms with Gasteiger partial charge in [0.1, 0.15) is 5.75 Å². The predicted molar refractivity (Wildman–Crippen MR) is 69.2 cm³/mol. The molecule has 5 heteroatoms. The minimum atomic E-state index is -3.28. The highest BCUT2D eigenvalue weighted by Crippen LogP contribution is 2.25. The first kappa shape index (κ1) is 12.6. The highest BCUT2D eigenvalue weighted by Gasteiger charge is 2.11. The lowest BCUT2D eigenvalue weighted by Crippen LogP contribution is -2.02. The number of aromatic nitrogens is 1. The fourth-order valence-corrected chi connectivity index (χ4v) is 2.31. The Morgan fingerprint density at radius 2 is 1.67 bits per heavy atom. The smallest absolute Gasteiger partial charge is 0.192 e. The molecule has 0 aliphatic carbocycles. The number of aromatic hydroxyl groups is 1. The van der Waals surface area contributed by atoms with E-state index in [0.717, 1.165) is 17.4 Å². The maximum Gasteiger partial charge on any atom is 0.192 e. The molecule has 0 saturated heterocycles. The lowest BCUT2D eigenvalue weighted by molar-refractivity contribution is 0.475. The number of pyridine rings is 1. The lowest BCUT2D eigenvalue weighted by Gasteiger charge is -2.07. The third-order valence-electron chi connectivity index (χ3n) is 2.62. The quantitative estimate of drug-likeness (QED) is 0.901. The van der Waals surface area contributed by atoms with Crippen LogP contribution in [-0.2, 0) is 9.84 Å². The fraction of sp³-hybridized carbons (Fsp3) is 0.154. The van der Waals surface area contributed by atoms with Crippen LogP contribution in [-0.4, -0.2) is 24.8 Å². The van der Waals surface area contributed by atoms with Gasteiger partial charge in [0.2, 0.25) is 0 Å². The van der Waals surface area contributed by atoms with Crippen LogP contribution in [0.2, 0.25) is 0 Å². The van der Waals surface area contributed by atoms with Gasteiger partial charge >= 0.3 is 0 Å². The van der Waals surface area contributed by atoms with Crippen LogP contribution in [0.1, 0.15) is 5.69 Å². The van der Waals surface area contributed by atoms with Crippen molar-refractivity contribution in [2.75, 3.05) is 6.26 Å². The Kier molecular flexibility index (Phi) is 3.09. The molecule has 0 spiro atoms. The van der Waals surface area contributed by atoms with Crippen LogP contribution < -0.4 is 0 Å². The van der Waals surface area contributed by atoms with Crippen molar-refractivity contribution >= 4 is 9.84 Å². The normalized spacial score (nSPS) is 11.4. The van der Waals surface area contributed by atoms with E-state index < -0.39 is 9.84 Å². The zero-order valence-corrected chi connectivity index (χ0v) is 10.9. The van der Waals surface area contributed by atoms with Gasteiger partial charge < -0.3 is 5.11 Å². The average Bonchev–Trinajstić information content (AvgIpc) is 2.29. The molecule has 0 amide bonds. The highest BCUT2D eigenvalue weighted by atomic mass is 32.2. The Morgan fingerprint density at radius 3 is 2.17 bits per heavy atom. The lowest BCUT2D eigenvalue weighted by atomic mass is 10.0. The molecule has 1 N–H and O–H groups in total. The van der Waals surface area contributed by atoms with Crippen molar-refractivity contribution in [1.29, 1.82) is 0 Å². The number of aryl methyl sites for hydroxylation is 1. The number of benzene rings is 1. The van der Waals surface area contributed by atoms with Gasteiger partial charge in [-0.25, -0.2) is 13.4 Å². The molecule has 0 saturated carbocycles. The summed E-state index contributed by atoms with van der Waals surface area (Å²) in [6.45, 7) is 1.76. The van der Waals surface area contributed by atoms with Crippen LogP contribution in [0.25, 0.3) is 11.1 Å². The van der Waals surface area contributed by atoms with E-state index in [-0.39, 0.29) is 10.8 Å². The van der Waals surface area contributed by atoms with Crippen LogP contribution >= 0.6 is 0 Å². The molecular formula is C13H13NO3S. The Balaban J connectivity index is 2.51. The van der Waals surface area contributed by atoms with Crippen molar-refractivity contribution in [2.45, 2.75) is 11.9 Å². The number of phenolic OH excluding ortho intramolecular Hbond substituents is 1. The zero-order valence-electron chi connectivity index (χ0n) is 10.1. The van der Waals surface area contributed by atoms with Gasteiger partial charge in [0.25, 0.3) is 0 Å². The number of rotatable bonds is 2. The van der Waals surface area contributed by atoms with Gasteiger partial charge in [0, 0.05) is 17.5 Å². The van der Waals surface area contributed by atoms with Gasteiger partial charge in [-0.05, 0) is 36.8 Å². The zero-order chi connectivity index (χ0) is 13.3. The average molecular weight is 263 g/mol. The summed E-state index contributed by atoms with van der Waals surface area (Å²) in [5, 5.41) is 9.30. The number of sulfone groups is 1. The summed E-state index contributed by atoms with van der Waals surface area (Å²) >= 11 is 0. The van der Waals surface area contributed by atoms with Gasteiger partial charge in [-0.15, -0.1) is 0 Å². The minimum absolute atomic E-state index is 0.0718. The van der Waals surface area contributed by atoms with Gasteiger partial charge in [-0.2, -0.15) is 0 Å². The first-order valence-corrected chi connectivity index (χ1v) is 7.24. The van der Waals surface area contributed by atoms with Crippen molar-refractivity contribution in [3.8, 4) is 16.9 Å². The Morgan fingerprint density at radius 1 is 1.06 bits per heavy atom. The largest absolute Gasteiger partial charge is 0.508 e. The molecule has 0 aliphatic heterocycles. The molecule has 0 bridgehead atoms. The molecular weight excluding hydrogens is 250 g/mol. The van der Waals surface area contributed by atoms with Crippen LogP contribution in [0.3, 0.4) is 0 Å². The van der Waals surface area contributed by atoms with E-state index in [0.29, 0.717) is 5.69 Å². The molecule has 0 aliphatic rings. The summed E-state index contributed by atoms with van der Waals surface area (Å²) in [5.41, 5.74) is 2.38. The molecule has 0 fully saturated rings. The summed E-state index contributed by atoms with van der Waals surface area (Å²) in [5.74, 6) is 0.192. The first-order valence-electron chi connectivity index (χ1n) is 5.35. The van der Waals surface area contributed by atoms with Gasteiger partial charge in [-0.1, -0.05) is 12.1 Å². The van der Waals surface area contributed by atoms with Crippen molar-refractivity contribution < 1.29 is 13.5 Å². The number of phenols is 1. The molecule has 2 rings (SSSR count). The van der Waals surface area contributed by atoms with E-state index >= 15 is 0 Å². The number of nitrogens with zero attached hydrogens (tertiary/aromatic N) is 1. The molecule has 2 aromatic rings. The summed E-state index contributed by atoms with van der Waals surface area (Å²) < 4.78 is 22.8. The minimum Gasteiger partial charge on any atom is -0.508 e. The van der Waals surface area contributed by atoms with Gasteiger partial charge in [0.15, 0.2) is 14.9 Å². The third kappa shape index (κ3) is 2.51. The molecule has 1 heterocycles. The maximum absolute atomic E-state index is 11.4. The molecule has 1 aromatic heterocycles. The standard InChI is InChI=1S/C13H13NO3S/c1-9-12(10-3-5-11(15)6-4-10)7-8-13(14-9)18(2,16)17/h3-8,15H,1-2H3. The Labute approximate surface area is 106 Å². The molecule has 0 unspecified atom stereocenters. The van der Waals surface area contributed by atoms with Gasteiger partial charge in [0.05, 0.1) is 0 Å². The SMILES string of the molecule is Cc1nc(S(C)(=O)=O)ccc1-c1ccc(O)cc1. The van der Waals surface area contributed by atoms with E-state index in [1.54, 1.807) is 37.3 Å². The molecule has 0 radical (unpaired) electrons. The third-order valence-corrected chi connectivity index (χ3v) is 3.61. The Bertz CT molecular complexity index is 676. The topological polar surface area (TPSA) is 67.3 Å². The maximum atomic E-state index is 11.4. The summed E-state index contributed by atoms with van der Waals surface area (Å²) in [6.07, 6.45) is 1.13. The molecule has 1 aromatic carbocycles. The fourth-order valence-electron chi connectivity index (χ4n) is 1.69. The monoisotopic (exact) mass is 263 g/mol. The summed E-state index contributed by atoms with van der Waals surface area (Å²) in [7, 11) is -3.28. The second kappa shape index (κ2) is 4.42. The second-order valence-corrected chi connectivity index (χ2v) is 6.06. The molecule has 18 heavy (non-hydrogen) atoms. The number of hydrogen-bond donors (Lipinski definition) is 1. The Hall–Kier alpha value is -1.88. The van der Waals surface area contributed by atoms with E-state index in [9.17, 15) is 13.5 Å². The van der Waals surface area contributed by atoms with Crippen LogP contribution in [0.5, 0.6) is 5.75 Å². The molecule has 94 valence electrons. The van der Waals surface area contributed by atoms with Crippen LogP contribution in [0.4, 0.5) is 0 Å². The van der Waals surface area contributed by atoms with Crippen molar-refractivity contribution in [3.63, 3.8) is 0 Å². The van der Waals surface area contributed by atoms with Crippen LogP contribution in [0.15, 0.2) is 41.4 Å². The van der Waals surface area contributed by atoms with Gasteiger partial charge in [-0.3, -0.25) is 0 Å². The summed E-state index contributed by atoms with van der Waals surface area (Å²) in [4.78, 5) is 4.09. The van der Waals surface area contributed by atoms with Crippen LogP contribution in [0, 0.1) is 6.92 Å². The second-order valence-electron chi connectivity index (χ2n) is 4.10. The van der Waals surface area contributed by atoms with Crippen molar-refractivity contribution in [2.24, 2.45) is 0 Å². The first-order chi connectivity index (χ1) is 8.38. The predicted octanol–water partition coefficient (Wildman–Crippen LogP) is 2.17. The highest BCUT2D eigenvalue weighted by molar-refractivity contribution is 7.90. The van der Waals surface area contributed by atoms with E-state index in [1.807, 2.05) is 0 Å². The van der Waals surface area contributed by atoms with Crippen molar-refractivity contribution in [1.82, 2.24) is 4.98 Å². The molecule has 0 atom stereocenters. The summed E-state index contributed by atoms with van der Waals surface area (Å²) in [6, 6.07) is 9.91. The van der Waals surface area contributed by atoms with E-state index in [1.165, 1.54) is 6.07 Å². The van der Waals surface area contributed by atoms with E-state index in [4.69, 9.17) is 0 Å². The van der Waals surface area contributed by atoms with E-state index in [2.05, 4.69) is 4.98 Å². The molecule has 4 nitrogen and oxygen atoms in total. The number of hydrogen-bond acceptors (Lipinski definition) is 4. The van der Waals surface area contributed by atoms with Crippen molar-refractivity contribution in [3.05, 3.63) is 42.1 Å².